The van der Waals surface area contributed by atoms with E-state index in [1.807, 2.05) is 0 Å². The van der Waals surface area contributed by atoms with E-state index in [1.54, 1.807) is 0 Å². The lowest BCUT2D eigenvalue weighted by atomic mass is 9.79. The molecule has 1 saturated carbocycles. The molecule has 0 N–H and O–H groups in total. The van der Waals surface area contributed by atoms with Crippen LogP contribution >= 0.6 is 11.6 Å². The van der Waals surface area contributed by atoms with Crippen LogP contribution in [0.25, 0.3) is 0 Å². The van der Waals surface area contributed by atoms with Crippen molar-refractivity contribution in [1.29, 1.82) is 0 Å². The van der Waals surface area contributed by atoms with E-state index >= 15 is 0 Å². The molecular formula is C25H24ClF3. The van der Waals surface area contributed by atoms with Gasteiger partial charge in [-0.1, -0.05) is 35.6 Å². The molecule has 0 bridgehead atoms. The fraction of sp³-hybridized carbons (Fsp3) is 0.360. The number of rotatable bonds is 4. The van der Waals surface area contributed by atoms with Gasteiger partial charge in [0.25, 0.3) is 0 Å². The third-order valence-electron chi connectivity index (χ3n) is 5.55. The summed E-state index contributed by atoms with van der Waals surface area (Å²) in [6.45, 7) is 2.05. The average molecular weight is 417 g/mol. The number of allylic oxidation sites excluding steroid dienone is 2. The van der Waals surface area contributed by atoms with Crippen molar-refractivity contribution in [3.05, 3.63) is 81.6 Å². The van der Waals surface area contributed by atoms with E-state index in [2.05, 4.69) is 30.9 Å². The molecule has 0 nitrogen and oxygen atoms in total. The molecule has 2 aromatic rings. The molecule has 0 amide bonds. The Kier molecular flexibility index (Phi) is 7.45. The predicted octanol–water partition coefficient (Wildman–Crippen LogP) is 7.47. The molecule has 4 heteroatoms. The van der Waals surface area contributed by atoms with Gasteiger partial charge in [-0.25, -0.2) is 13.2 Å². The molecule has 0 aliphatic heterocycles. The summed E-state index contributed by atoms with van der Waals surface area (Å²) in [4.78, 5) is 0. The third-order valence-corrected chi connectivity index (χ3v) is 5.86. The van der Waals surface area contributed by atoms with E-state index < -0.39 is 17.5 Å². The molecule has 1 aliphatic rings. The summed E-state index contributed by atoms with van der Waals surface area (Å²) < 4.78 is 42.3. The van der Waals surface area contributed by atoms with Crippen LogP contribution < -0.4 is 0 Å². The van der Waals surface area contributed by atoms with Gasteiger partial charge in [0.05, 0.1) is 10.6 Å². The first-order chi connectivity index (χ1) is 14.0. The molecule has 0 spiro atoms. The van der Waals surface area contributed by atoms with Crippen LogP contribution in [0.5, 0.6) is 0 Å². The molecule has 0 heterocycles. The first-order valence-corrected chi connectivity index (χ1v) is 10.4. The molecule has 0 saturated heterocycles. The van der Waals surface area contributed by atoms with Crippen LogP contribution in [0.3, 0.4) is 0 Å². The molecular weight excluding hydrogens is 393 g/mol. The molecule has 2 aromatic carbocycles. The van der Waals surface area contributed by atoms with Crippen LogP contribution in [-0.2, 0) is 6.42 Å². The third kappa shape index (κ3) is 5.90. The highest BCUT2D eigenvalue weighted by Gasteiger charge is 2.19. The molecule has 0 aromatic heterocycles. The standard InChI is InChI=1S/C25H24ClF3/c1-2-3-17-4-6-18(7-5-17)8-9-20-15-23(27)21(24(28)16-20)12-10-19-11-13-22(26)25(29)14-19/h2-3,11,13-18H,4-9H2,1H3/b3-2+. The van der Waals surface area contributed by atoms with E-state index in [9.17, 15) is 13.2 Å². The Morgan fingerprint density at radius 1 is 0.966 bits per heavy atom. The lowest BCUT2D eigenvalue weighted by Gasteiger charge is -2.26. The predicted molar refractivity (Wildman–Crippen MR) is 112 cm³/mol. The molecule has 1 aliphatic carbocycles. The molecule has 152 valence electrons. The first kappa shape index (κ1) is 21.5. The monoisotopic (exact) mass is 416 g/mol. The van der Waals surface area contributed by atoms with Gasteiger partial charge in [0.1, 0.15) is 17.5 Å². The van der Waals surface area contributed by atoms with Gasteiger partial charge >= 0.3 is 0 Å². The van der Waals surface area contributed by atoms with E-state index in [0.717, 1.165) is 12.5 Å². The quantitative estimate of drug-likeness (QED) is 0.358. The summed E-state index contributed by atoms with van der Waals surface area (Å²) in [7, 11) is 0. The zero-order valence-corrected chi connectivity index (χ0v) is 17.2. The smallest absolute Gasteiger partial charge is 0.143 e. The van der Waals surface area contributed by atoms with Gasteiger partial charge in [0.15, 0.2) is 0 Å². The molecule has 0 atom stereocenters. The maximum atomic E-state index is 14.4. The zero-order valence-electron chi connectivity index (χ0n) is 16.5. The Morgan fingerprint density at radius 3 is 2.28 bits per heavy atom. The Bertz CT molecular complexity index is 921. The van der Waals surface area contributed by atoms with Crippen molar-refractivity contribution in [3.8, 4) is 11.8 Å². The largest absolute Gasteiger partial charge is 0.206 e. The highest BCUT2D eigenvalue weighted by atomic mass is 35.5. The van der Waals surface area contributed by atoms with E-state index in [-0.39, 0.29) is 10.6 Å². The van der Waals surface area contributed by atoms with Gasteiger partial charge in [-0.2, -0.15) is 0 Å². The molecule has 3 rings (SSSR count). The van der Waals surface area contributed by atoms with Crippen molar-refractivity contribution in [2.45, 2.75) is 45.4 Å². The van der Waals surface area contributed by atoms with Gasteiger partial charge in [0, 0.05) is 5.56 Å². The topological polar surface area (TPSA) is 0 Å². The molecule has 0 radical (unpaired) electrons. The summed E-state index contributed by atoms with van der Waals surface area (Å²) in [5, 5.41) is -0.0208. The van der Waals surface area contributed by atoms with Crippen LogP contribution in [0, 0.1) is 41.1 Å². The van der Waals surface area contributed by atoms with E-state index in [0.29, 0.717) is 29.4 Å². The SMILES string of the molecule is C/C=C/C1CCC(CCc2cc(F)c(C#Cc3ccc(Cl)c(F)c3)c(F)c2)CC1. The van der Waals surface area contributed by atoms with Crippen LogP contribution in [0.4, 0.5) is 13.2 Å². The van der Waals surface area contributed by atoms with E-state index in [1.165, 1.54) is 49.9 Å². The number of hydrogen-bond acceptors (Lipinski definition) is 0. The van der Waals surface area contributed by atoms with Crippen LogP contribution in [-0.4, -0.2) is 0 Å². The second kappa shape index (κ2) is 10.0. The molecule has 1 fully saturated rings. The highest BCUT2D eigenvalue weighted by Crippen LogP contribution is 2.32. The van der Waals surface area contributed by atoms with Crippen molar-refractivity contribution in [2.75, 3.05) is 0 Å². The van der Waals surface area contributed by atoms with Gasteiger partial charge in [-0.3, -0.25) is 0 Å². The minimum absolute atomic E-state index is 0.0208. The highest BCUT2D eigenvalue weighted by molar-refractivity contribution is 6.30. The lowest BCUT2D eigenvalue weighted by Crippen LogP contribution is -2.13. The Balaban J connectivity index is 1.64. The fourth-order valence-electron chi connectivity index (χ4n) is 3.91. The van der Waals surface area contributed by atoms with Crippen LogP contribution in [0.15, 0.2) is 42.5 Å². The summed E-state index contributed by atoms with van der Waals surface area (Å²) >= 11 is 5.63. The van der Waals surface area contributed by atoms with Crippen LogP contribution in [0.2, 0.25) is 5.02 Å². The average Bonchev–Trinajstić information content (AvgIpc) is 2.70. The number of aryl methyl sites for hydroxylation is 1. The van der Waals surface area contributed by atoms with Crippen molar-refractivity contribution in [3.63, 3.8) is 0 Å². The molecule has 29 heavy (non-hydrogen) atoms. The number of hydrogen-bond donors (Lipinski definition) is 0. The Hall–Kier alpha value is -2.18. The van der Waals surface area contributed by atoms with Crippen LogP contribution in [0.1, 0.15) is 55.7 Å². The van der Waals surface area contributed by atoms with Crippen molar-refractivity contribution >= 4 is 11.6 Å². The lowest BCUT2D eigenvalue weighted by molar-refractivity contribution is 0.296. The fourth-order valence-corrected chi connectivity index (χ4v) is 4.03. The summed E-state index contributed by atoms with van der Waals surface area (Å²) in [5.41, 5.74) is 0.665. The zero-order chi connectivity index (χ0) is 20.8. The second-order valence-corrected chi connectivity index (χ2v) is 8.07. The first-order valence-electron chi connectivity index (χ1n) is 10.0. The molecule has 0 unspecified atom stereocenters. The normalized spacial score (nSPS) is 19.2. The minimum Gasteiger partial charge on any atom is -0.206 e. The summed E-state index contributed by atoms with van der Waals surface area (Å²) in [5.74, 6) is 4.38. The number of benzene rings is 2. The minimum atomic E-state index is -0.682. The van der Waals surface area contributed by atoms with E-state index in [4.69, 9.17) is 11.6 Å². The summed E-state index contributed by atoms with van der Waals surface area (Å²) in [6, 6.07) is 6.74. The second-order valence-electron chi connectivity index (χ2n) is 7.66. The number of halogens is 4. The summed E-state index contributed by atoms with van der Waals surface area (Å²) in [6.07, 6.45) is 10.7. The van der Waals surface area contributed by atoms with Crippen molar-refractivity contribution in [1.82, 2.24) is 0 Å². The Morgan fingerprint density at radius 2 is 1.66 bits per heavy atom. The maximum absolute atomic E-state index is 14.4. The van der Waals surface area contributed by atoms with Gasteiger partial charge < -0.3 is 0 Å². The van der Waals surface area contributed by atoms with Crippen molar-refractivity contribution < 1.29 is 13.2 Å². The van der Waals surface area contributed by atoms with Gasteiger partial charge in [-0.05, 0) is 93.2 Å². The van der Waals surface area contributed by atoms with Gasteiger partial charge in [0.2, 0.25) is 0 Å². The van der Waals surface area contributed by atoms with Gasteiger partial charge in [-0.15, -0.1) is 0 Å². The van der Waals surface area contributed by atoms with Crippen molar-refractivity contribution in [2.24, 2.45) is 11.8 Å². The Labute approximate surface area is 175 Å². The maximum Gasteiger partial charge on any atom is 0.143 e.